The monoisotopic (exact) mass is 422 g/mol. The van der Waals surface area contributed by atoms with E-state index in [-0.39, 0.29) is 0 Å². The second-order valence-corrected chi connectivity index (χ2v) is 10.0. The molecule has 1 N–H and O–H groups in total. The van der Waals surface area contributed by atoms with E-state index >= 15 is 0 Å². The highest BCUT2D eigenvalue weighted by Gasteiger charge is 2.19. The first-order valence-electron chi connectivity index (χ1n) is 10.8. The predicted molar refractivity (Wildman–Crippen MR) is 123 cm³/mol. The lowest BCUT2D eigenvalue weighted by atomic mass is 9.90. The van der Waals surface area contributed by atoms with Gasteiger partial charge >= 0.3 is 0 Å². The molecule has 4 nitrogen and oxygen atoms in total. The Morgan fingerprint density at radius 3 is 2.33 bits per heavy atom. The van der Waals surface area contributed by atoms with E-state index in [1.54, 1.807) is 12.1 Å². The van der Waals surface area contributed by atoms with Gasteiger partial charge in [-0.2, -0.15) is 0 Å². The molecule has 1 aliphatic heterocycles. The van der Waals surface area contributed by atoms with Gasteiger partial charge in [-0.25, -0.2) is 13.1 Å². The summed E-state index contributed by atoms with van der Waals surface area (Å²) in [7, 11) is -3.47. The molecule has 0 atom stereocenters. The van der Waals surface area contributed by atoms with E-state index in [1.807, 2.05) is 30.3 Å². The Labute approximate surface area is 180 Å². The zero-order chi connectivity index (χ0) is 20.8. The van der Waals surface area contributed by atoms with Crippen molar-refractivity contribution in [3.8, 4) is 0 Å². The predicted octanol–water partition coefficient (Wildman–Crippen LogP) is 4.46. The minimum absolute atomic E-state index is 0.336. The largest absolute Gasteiger partial charge is 0.303 e. The molecule has 0 aromatic heterocycles. The number of nitrogens with one attached hydrogen (secondary N) is 1. The van der Waals surface area contributed by atoms with Crippen molar-refractivity contribution in [3.05, 3.63) is 78.4 Å². The van der Waals surface area contributed by atoms with Gasteiger partial charge in [0.05, 0.1) is 4.90 Å². The Bertz CT molecular complexity index is 1060. The summed E-state index contributed by atoms with van der Waals surface area (Å²) < 4.78 is 28.0. The number of sulfonamides is 1. The number of hydrogen-bond acceptors (Lipinski definition) is 3. The van der Waals surface area contributed by atoms with E-state index in [0.29, 0.717) is 11.4 Å². The maximum absolute atomic E-state index is 12.6. The third kappa shape index (κ3) is 5.48. The van der Waals surface area contributed by atoms with E-state index in [9.17, 15) is 8.42 Å². The second kappa shape index (κ2) is 9.73. The molecular weight excluding hydrogens is 392 g/mol. The number of hydrogen-bond donors (Lipinski definition) is 1. The average molecular weight is 423 g/mol. The first-order chi connectivity index (χ1) is 14.6. The summed E-state index contributed by atoms with van der Waals surface area (Å²) in [6.45, 7) is 3.63. The lowest BCUT2D eigenvalue weighted by molar-refractivity contribution is 0.183. The number of piperidine rings is 1. The lowest BCUT2D eigenvalue weighted by Crippen LogP contribution is -2.36. The van der Waals surface area contributed by atoms with Crippen LogP contribution in [-0.4, -0.2) is 39.5 Å². The fourth-order valence-electron chi connectivity index (χ4n) is 4.29. The molecule has 4 rings (SSSR count). The van der Waals surface area contributed by atoms with Gasteiger partial charge in [0.2, 0.25) is 10.0 Å². The van der Waals surface area contributed by atoms with Crippen LogP contribution in [0, 0.1) is 5.92 Å². The number of fused-ring (bicyclic) bond motifs is 1. The van der Waals surface area contributed by atoms with Crippen LogP contribution in [0.1, 0.15) is 24.8 Å². The average Bonchev–Trinajstić information content (AvgIpc) is 2.78. The van der Waals surface area contributed by atoms with E-state index in [4.69, 9.17) is 0 Å². The van der Waals surface area contributed by atoms with Crippen LogP contribution >= 0.6 is 0 Å². The summed E-state index contributed by atoms with van der Waals surface area (Å²) in [5.41, 5.74) is 1.43. The third-order valence-electron chi connectivity index (χ3n) is 6.05. The van der Waals surface area contributed by atoms with E-state index in [2.05, 4.69) is 40.0 Å². The molecule has 158 valence electrons. The molecule has 3 aromatic carbocycles. The van der Waals surface area contributed by atoms with Crippen molar-refractivity contribution >= 4 is 20.8 Å². The fraction of sp³-hybridized carbons (Fsp3) is 0.360. The smallest absolute Gasteiger partial charge is 0.240 e. The molecule has 3 aromatic rings. The summed E-state index contributed by atoms with van der Waals surface area (Å²) in [5, 5.41) is 1.99. The van der Waals surface area contributed by atoms with Crippen molar-refractivity contribution in [2.24, 2.45) is 5.92 Å². The van der Waals surface area contributed by atoms with Crippen LogP contribution < -0.4 is 4.72 Å². The van der Waals surface area contributed by atoms with Gasteiger partial charge in [0.1, 0.15) is 0 Å². The zero-order valence-corrected chi connectivity index (χ0v) is 18.2. The van der Waals surface area contributed by atoms with Crippen LogP contribution in [0.15, 0.2) is 77.7 Å². The van der Waals surface area contributed by atoms with Gasteiger partial charge in [0.25, 0.3) is 0 Å². The molecule has 0 spiro atoms. The molecule has 1 saturated heterocycles. The SMILES string of the molecule is O=S(=O)(NCCCN1CCC(Cc2ccccc2)CC1)c1ccc2ccccc2c1. The van der Waals surface area contributed by atoms with Crippen molar-refractivity contribution < 1.29 is 8.42 Å². The van der Waals surface area contributed by atoms with Gasteiger partial charge in [-0.3, -0.25) is 0 Å². The topological polar surface area (TPSA) is 49.4 Å². The van der Waals surface area contributed by atoms with Gasteiger partial charge in [-0.1, -0.05) is 60.7 Å². The number of likely N-dealkylation sites (tertiary alicyclic amines) is 1. The minimum atomic E-state index is -3.47. The van der Waals surface area contributed by atoms with Gasteiger partial charge in [-0.05, 0) is 79.7 Å². The first-order valence-corrected chi connectivity index (χ1v) is 12.3. The maximum atomic E-state index is 12.6. The first kappa shape index (κ1) is 21.0. The number of rotatable bonds is 8. The molecule has 0 radical (unpaired) electrons. The van der Waals surface area contributed by atoms with Crippen molar-refractivity contribution in [2.45, 2.75) is 30.6 Å². The van der Waals surface area contributed by atoms with Crippen LogP contribution in [0.3, 0.4) is 0 Å². The summed E-state index contributed by atoms with van der Waals surface area (Å²) in [6, 6.07) is 23.8. The van der Waals surface area contributed by atoms with Crippen LogP contribution in [-0.2, 0) is 16.4 Å². The second-order valence-electron chi connectivity index (χ2n) is 8.24. The van der Waals surface area contributed by atoms with Crippen LogP contribution in [0.5, 0.6) is 0 Å². The molecule has 0 saturated carbocycles. The van der Waals surface area contributed by atoms with Crippen LogP contribution in [0.2, 0.25) is 0 Å². The van der Waals surface area contributed by atoms with Crippen molar-refractivity contribution in [2.75, 3.05) is 26.2 Å². The summed E-state index contributed by atoms with van der Waals surface area (Å²) in [5.74, 6) is 0.759. The Morgan fingerprint density at radius 1 is 0.867 bits per heavy atom. The highest BCUT2D eigenvalue weighted by molar-refractivity contribution is 7.89. The number of benzene rings is 3. The molecule has 1 aliphatic rings. The van der Waals surface area contributed by atoms with Crippen molar-refractivity contribution in [3.63, 3.8) is 0 Å². The van der Waals surface area contributed by atoms with Crippen LogP contribution in [0.25, 0.3) is 10.8 Å². The summed E-state index contributed by atoms with van der Waals surface area (Å²) >= 11 is 0. The molecule has 0 unspecified atom stereocenters. The van der Waals surface area contributed by atoms with Gasteiger partial charge in [0, 0.05) is 6.54 Å². The molecule has 30 heavy (non-hydrogen) atoms. The van der Waals surface area contributed by atoms with Gasteiger partial charge in [0.15, 0.2) is 0 Å². The lowest BCUT2D eigenvalue weighted by Gasteiger charge is -2.32. The highest BCUT2D eigenvalue weighted by atomic mass is 32.2. The Kier molecular flexibility index (Phi) is 6.82. The molecule has 0 bridgehead atoms. The minimum Gasteiger partial charge on any atom is -0.303 e. The number of nitrogens with zero attached hydrogens (tertiary/aromatic N) is 1. The normalized spacial score (nSPS) is 16.1. The summed E-state index contributed by atoms with van der Waals surface area (Å²) in [6.07, 6.45) is 4.44. The molecule has 1 heterocycles. The van der Waals surface area contributed by atoms with Crippen molar-refractivity contribution in [1.82, 2.24) is 9.62 Å². The van der Waals surface area contributed by atoms with E-state index in [0.717, 1.165) is 42.7 Å². The van der Waals surface area contributed by atoms with Gasteiger partial charge in [-0.15, -0.1) is 0 Å². The standard InChI is InChI=1S/C25H30N2O2S/c28-30(29,25-12-11-23-9-4-5-10-24(23)20-25)26-15-6-16-27-17-13-22(14-18-27)19-21-7-2-1-3-8-21/h1-5,7-12,20,22,26H,6,13-19H2. The Hall–Kier alpha value is -2.21. The quantitative estimate of drug-likeness (QED) is 0.545. The van der Waals surface area contributed by atoms with E-state index in [1.165, 1.54) is 24.8 Å². The Morgan fingerprint density at radius 2 is 1.57 bits per heavy atom. The van der Waals surface area contributed by atoms with Crippen LogP contribution in [0.4, 0.5) is 0 Å². The third-order valence-corrected chi connectivity index (χ3v) is 7.51. The molecule has 0 amide bonds. The van der Waals surface area contributed by atoms with Gasteiger partial charge < -0.3 is 4.90 Å². The molecular formula is C25H30N2O2S. The molecule has 0 aliphatic carbocycles. The Balaban J connectivity index is 1.20. The molecule has 5 heteroatoms. The van der Waals surface area contributed by atoms with E-state index < -0.39 is 10.0 Å². The summed E-state index contributed by atoms with van der Waals surface area (Å²) in [4.78, 5) is 2.80. The van der Waals surface area contributed by atoms with Crippen molar-refractivity contribution in [1.29, 1.82) is 0 Å². The fourth-order valence-corrected chi connectivity index (χ4v) is 5.40. The highest BCUT2D eigenvalue weighted by Crippen LogP contribution is 2.22. The zero-order valence-electron chi connectivity index (χ0n) is 17.3. The molecule has 1 fully saturated rings. The maximum Gasteiger partial charge on any atom is 0.240 e.